The number of hydrogen-bond donors (Lipinski definition) is 0. The Hall–Kier alpha value is -0.510. The fourth-order valence-electron chi connectivity index (χ4n) is 0.476. The number of rotatable bonds is 0. The van der Waals surface area contributed by atoms with Crippen molar-refractivity contribution in [3.63, 3.8) is 0 Å². The van der Waals surface area contributed by atoms with Crippen molar-refractivity contribution in [2.75, 3.05) is 5.75 Å². The van der Waals surface area contributed by atoms with Gasteiger partial charge >= 0.3 is 0 Å². The predicted octanol–water partition coefficient (Wildman–Crippen LogP) is 0.888. The van der Waals surface area contributed by atoms with Crippen molar-refractivity contribution in [2.24, 2.45) is 10.3 Å². The zero-order valence-corrected chi connectivity index (χ0v) is 4.27. The molecule has 0 amide bonds. The van der Waals surface area contributed by atoms with Crippen LogP contribution in [0.5, 0.6) is 0 Å². The van der Waals surface area contributed by atoms with E-state index in [0.717, 1.165) is 16.5 Å². The summed E-state index contributed by atoms with van der Waals surface area (Å²) in [7, 11) is 0. The van der Waals surface area contributed by atoms with E-state index < -0.39 is 0 Å². The van der Waals surface area contributed by atoms with Gasteiger partial charge < -0.3 is 0 Å². The van der Waals surface area contributed by atoms with Crippen LogP contribution in [0.2, 0.25) is 0 Å². The van der Waals surface area contributed by atoms with Gasteiger partial charge in [-0.05, 0) is 5.22 Å². The molecule has 2 heterocycles. The third kappa shape index (κ3) is 0.318. The van der Waals surface area contributed by atoms with Crippen LogP contribution in [0.1, 0.15) is 0 Å². The summed E-state index contributed by atoms with van der Waals surface area (Å²) in [4.78, 5) is 0. The minimum absolute atomic E-state index is 1.00. The predicted molar refractivity (Wildman–Crippen MR) is 26.5 cm³/mol. The number of nitrogens with zero attached hydrogens (tertiary/aromatic N) is 3. The summed E-state index contributed by atoms with van der Waals surface area (Å²) in [5.74, 6) is 1.00. The summed E-state index contributed by atoms with van der Waals surface area (Å²) >= 11 is 1.70. The van der Waals surface area contributed by atoms with Crippen LogP contribution in [0.3, 0.4) is 0 Å². The highest BCUT2D eigenvalue weighted by Gasteiger charge is 2.23. The fraction of sp³-hybridized carbons (Fsp3) is 0.333. The Morgan fingerprint density at radius 2 is 2.57 bits per heavy atom. The summed E-state index contributed by atoms with van der Waals surface area (Å²) in [6.07, 6.45) is 0. The Balaban J connectivity index is 2.41. The zero-order chi connectivity index (χ0) is 4.69. The molecule has 0 aliphatic carbocycles. The normalized spacial score (nSPS) is 24.0. The number of thioether (sulfide) groups is 1. The monoisotopic (exact) mass is 112 g/mol. The van der Waals surface area contributed by atoms with E-state index in [4.69, 9.17) is 0 Å². The van der Waals surface area contributed by atoms with Crippen molar-refractivity contribution >= 4 is 11.8 Å². The van der Waals surface area contributed by atoms with Crippen LogP contribution < -0.4 is 5.43 Å². The second-order valence-electron chi connectivity index (χ2n) is 1.33. The first-order valence-corrected chi connectivity index (χ1v) is 2.93. The van der Waals surface area contributed by atoms with Gasteiger partial charge in [0, 0.05) is 5.75 Å². The zero-order valence-electron chi connectivity index (χ0n) is 3.46. The lowest BCUT2D eigenvalue weighted by Crippen LogP contribution is -2.01. The summed E-state index contributed by atoms with van der Waals surface area (Å²) in [6.45, 7) is 0. The van der Waals surface area contributed by atoms with Gasteiger partial charge in [0.1, 0.15) is 10.7 Å². The SMILES string of the molecule is C1SC2=C1N=N[N]2. The van der Waals surface area contributed by atoms with Crippen LogP contribution in [0.25, 0.3) is 0 Å². The van der Waals surface area contributed by atoms with E-state index >= 15 is 0 Å². The summed E-state index contributed by atoms with van der Waals surface area (Å²) < 4.78 is 0. The minimum atomic E-state index is 1.00. The average molecular weight is 112 g/mol. The Morgan fingerprint density at radius 1 is 1.57 bits per heavy atom. The quantitative estimate of drug-likeness (QED) is 0.458. The van der Waals surface area contributed by atoms with Crippen molar-refractivity contribution < 1.29 is 0 Å². The summed E-state index contributed by atoms with van der Waals surface area (Å²) in [6, 6.07) is 0. The molecule has 0 spiro atoms. The van der Waals surface area contributed by atoms with Crippen LogP contribution in [0.4, 0.5) is 0 Å². The van der Waals surface area contributed by atoms with Gasteiger partial charge in [0.05, 0.1) is 0 Å². The molecule has 0 bridgehead atoms. The lowest BCUT2D eigenvalue weighted by atomic mass is 10.5. The molecule has 0 aromatic rings. The molecule has 3 nitrogen and oxygen atoms in total. The van der Waals surface area contributed by atoms with E-state index in [9.17, 15) is 0 Å². The molecule has 2 rings (SSSR count). The Kier molecular flexibility index (Phi) is 0.501. The van der Waals surface area contributed by atoms with Gasteiger partial charge in [-0.2, -0.15) is 0 Å². The minimum Gasteiger partial charge on any atom is -0.131 e. The van der Waals surface area contributed by atoms with Crippen molar-refractivity contribution in [3.05, 3.63) is 10.7 Å². The molecule has 0 aromatic heterocycles. The lowest BCUT2D eigenvalue weighted by Gasteiger charge is -2.07. The second-order valence-corrected chi connectivity index (χ2v) is 2.29. The van der Waals surface area contributed by atoms with Crippen LogP contribution in [-0.2, 0) is 0 Å². The molecule has 0 unspecified atom stereocenters. The van der Waals surface area contributed by atoms with Crippen LogP contribution in [0.15, 0.2) is 21.1 Å². The molecule has 0 fully saturated rings. The first kappa shape index (κ1) is 3.49. The smallest absolute Gasteiger partial charge is 0.131 e. The molecule has 0 N–H and O–H groups in total. The largest absolute Gasteiger partial charge is 0.145 e. The van der Waals surface area contributed by atoms with E-state index in [1.54, 1.807) is 11.8 Å². The molecule has 1 radical (unpaired) electrons. The second kappa shape index (κ2) is 1.01. The van der Waals surface area contributed by atoms with Crippen molar-refractivity contribution in [3.8, 4) is 0 Å². The molecule has 2 aliphatic heterocycles. The highest BCUT2D eigenvalue weighted by molar-refractivity contribution is 8.04. The topological polar surface area (TPSA) is 38.8 Å². The Bertz CT molecular complexity index is 160. The molecule has 35 valence electrons. The van der Waals surface area contributed by atoms with E-state index in [-0.39, 0.29) is 0 Å². The molecular weight excluding hydrogens is 110 g/mol. The highest BCUT2D eigenvalue weighted by Crippen LogP contribution is 2.35. The van der Waals surface area contributed by atoms with Gasteiger partial charge in [-0.3, -0.25) is 0 Å². The third-order valence-corrected chi connectivity index (χ3v) is 1.90. The molecular formula is C3H2N3S. The summed E-state index contributed by atoms with van der Waals surface area (Å²) in [5, 5.41) is 8.20. The molecule has 7 heavy (non-hydrogen) atoms. The van der Waals surface area contributed by atoms with Gasteiger partial charge in [0.2, 0.25) is 0 Å². The molecule has 0 atom stereocenters. The van der Waals surface area contributed by atoms with Gasteiger partial charge in [-0.15, -0.1) is 10.5 Å². The molecule has 0 saturated carbocycles. The van der Waals surface area contributed by atoms with Crippen LogP contribution in [-0.4, -0.2) is 5.75 Å². The maximum absolute atomic E-state index is 3.72. The molecule has 0 aromatic carbocycles. The molecule has 2 aliphatic rings. The standard InChI is InChI=1S/C3H2N3S/c1-2-3(7-1)5-6-4-2/h1H2. The lowest BCUT2D eigenvalue weighted by molar-refractivity contribution is 0.895. The van der Waals surface area contributed by atoms with Gasteiger partial charge in [-0.1, -0.05) is 11.8 Å². The molecule has 0 saturated heterocycles. The van der Waals surface area contributed by atoms with Crippen LogP contribution >= 0.6 is 11.8 Å². The van der Waals surface area contributed by atoms with Gasteiger partial charge in [-0.25, -0.2) is 0 Å². The van der Waals surface area contributed by atoms with E-state index in [1.807, 2.05) is 0 Å². The number of hydrogen-bond acceptors (Lipinski definition) is 3. The Labute approximate surface area is 44.9 Å². The van der Waals surface area contributed by atoms with Gasteiger partial charge in [0.15, 0.2) is 0 Å². The van der Waals surface area contributed by atoms with Crippen LogP contribution in [0, 0.1) is 0 Å². The van der Waals surface area contributed by atoms with E-state index in [2.05, 4.69) is 15.8 Å². The maximum Gasteiger partial charge on any atom is 0.145 e. The summed E-state index contributed by atoms with van der Waals surface area (Å²) in [5.41, 5.74) is 4.77. The highest BCUT2D eigenvalue weighted by atomic mass is 32.2. The van der Waals surface area contributed by atoms with E-state index in [0.29, 0.717) is 0 Å². The first-order chi connectivity index (χ1) is 3.47. The van der Waals surface area contributed by atoms with Crippen molar-refractivity contribution in [2.45, 2.75) is 0 Å². The van der Waals surface area contributed by atoms with Crippen molar-refractivity contribution in [1.29, 1.82) is 0 Å². The Morgan fingerprint density at radius 3 is 2.86 bits per heavy atom. The third-order valence-electron chi connectivity index (χ3n) is 0.893. The average Bonchev–Trinajstić information content (AvgIpc) is 1.85. The van der Waals surface area contributed by atoms with E-state index in [1.165, 1.54) is 0 Å². The maximum atomic E-state index is 3.72. The first-order valence-electron chi connectivity index (χ1n) is 1.94. The molecule has 4 heteroatoms. The fourth-order valence-corrected chi connectivity index (χ4v) is 1.07. The van der Waals surface area contributed by atoms with Crippen molar-refractivity contribution in [1.82, 2.24) is 5.43 Å². The van der Waals surface area contributed by atoms with Gasteiger partial charge in [0.25, 0.3) is 0 Å².